The molecule has 2 fully saturated rings. The maximum absolute atomic E-state index is 11.9. The van der Waals surface area contributed by atoms with Crippen molar-refractivity contribution in [3.63, 3.8) is 0 Å². The minimum Gasteiger partial charge on any atom is -0.394 e. The number of aliphatic hydroxyl groups excluding tert-OH is 1. The third-order valence-corrected chi connectivity index (χ3v) is 4.18. The topological polar surface area (TPSA) is 61.4 Å². The Labute approximate surface area is 103 Å². The Balaban J connectivity index is 1.79. The highest BCUT2D eigenvalue weighted by Crippen LogP contribution is 2.29. The van der Waals surface area contributed by atoms with Crippen molar-refractivity contribution in [2.45, 2.75) is 69.4 Å². The summed E-state index contributed by atoms with van der Waals surface area (Å²) in [5, 5.41) is 15.5. The van der Waals surface area contributed by atoms with E-state index in [9.17, 15) is 9.90 Å². The first-order valence-corrected chi connectivity index (χ1v) is 6.94. The normalized spacial score (nSPS) is 24.5. The van der Waals surface area contributed by atoms with Gasteiger partial charge in [0.05, 0.1) is 12.1 Å². The summed E-state index contributed by atoms with van der Waals surface area (Å²) in [4.78, 5) is 11.9. The van der Waals surface area contributed by atoms with E-state index < -0.39 is 0 Å². The highest BCUT2D eigenvalue weighted by Gasteiger charge is 2.34. The molecule has 0 aromatic rings. The van der Waals surface area contributed by atoms with Gasteiger partial charge in [0.2, 0.25) is 0 Å². The number of aliphatic hydroxyl groups is 1. The predicted octanol–water partition coefficient (Wildman–Crippen LogP) is 1.92. The number of carbonyl (C=O) groups excluding carboxylic acids is 1. The molecule has 17 heavy (non-hydrogen) atoms. The lowest BCUT2D eigenvalue weighted by atomic mass is 9.95. The van der Waals surface area contributed by atoms with Crippen molar-refractivity contribution >= 4 is 6.03 Å². The lowest BCUT2D eigenvalue weighted by Crippen LogP contribution is -2.54. The molecule has 2 aliphatic rings. The van der Waals surface area contributed by atoms with Crippen LogP contribution < -0.4 is 10.6 Å². The number of hydrogen-bond acceptors (Lipinski definition) is 2. The summed E-state index contributed by atoms with van der Waals surface area (Å²) in [6, 6.07) is 0.244. The van der Waals surface area contributed by atoms with Gasteiger partial charge in [-0.2, -0.15) is 0 Å². The average Bonchev–Trinajstić information content (AvgIpc) is 2.79. The van der Waals surface area contributed by atoms with E-state index in [1.165, 1.54) is 19.3 Å². The van der Waals surface area contributed by atoms with Crippen molar-refractivity contribution < 1.29 is 9.90 Å². The van der Waals surface area contributed by atoms with Crippen molar-refractivity contribution in [3.05, 3.63) is 0 Å². The summed E-state index contributed by atoms with van der Waals surface area (Å²) < 4.78 is 0. The number of rotatable bonds is 3. The van der Waals surface area contributed by atoms with E-state index in [1.54, 1.807) is 0 Å². The number of carbonyl (C=O) groups is 1. The first-order chi connectivity index (χ1) is 8.24. The molecule has 0 atom stereocenters. The Kier molecular flexibility index (Phi) is 4.26. The lowest BCUT2D eigenvalue weighted by molar-refractivity contribution is 0.160. The van der Waals surface area contributed by atoms with Crippen molar-refractivity contribution in [3.8, 4) is 0 Å². The second-order valence-electron chi connectivity index (χ2n) is 5.58. The Bertz CT molecular complexity index is 256. The van der Waals surface area contributed by atoms with Gasteiger partial charge in [-0.15, -0.1) is 0 Å². The molecule has 2 amide bonds. The molecule has 0 radical (unpaired) electrons. The quantitative estimate of drug-likeness (QED) is 0.706. The summed E-state index contributed by atoms with van der Waals surface area (Å²) in [7, 11) is 0. The van der Waals surface area contributed by atoms with Crippen LogP contribution in [0, 0.1) is 0 Å². The minimum atomic E-state index is -0.348. The Morgan fingerprint density at radius 1 is 1.12 bits per heavy atom. The number of urea groups is 1. The van der Waals surface area contributed by atoms with Crippen molar-refractivity contribution in [1.29, 1.82) is 0 Å². The van der Waals surface area contributed by atoms with Crippen LogP contribution in [0.4, 0.5) is 4.79 Å². The van der Waals surface area contributed by atoms with Crippen LogP contribution in [0.2, 0.25) is 0 Å². The highest BCUT2D eigenvalue weighted by atomic mass is 16.3. The van der Waals surface area contributed by atoms with Gasteiger partial charge in [0.1, 0.15) is 0 Å². The maximum atomic E-state index is 11.9. The van der Waals surface area contributed by atoms with E-state index in [1.807, 2.05) is 0 Å². The standard InChI is InChI=1S/C13H24N2O2/c16-10-13(8-4-5-9-13)15-12(17)14-11-6-2-1-3-7-11/h11,16H,1-10H2,(H2,14,15,17). The molecule has 4 nitrogen and oxygen atoms in total. The molecule has 4 heteroatoms. The second kappa shape index (κ2) is 5.71. The van der Waals surface area contributed by atoms with E-state index in [2.05, 4.69) is 10.6 Å². The summed E-state index contributed by atoms with van der Waals surface area (Å²) in [6.07, 6.45) is 9.93. The summed E-state index contributed by atoms with van der Waals surface area (Å²) in [6.45, 7) is 0.0606. The minimum absolute atomic E-state index is 0.0606. The van der Waals surface area contributed by atoms with Gasteiger partial charge in [-0.05, 0) is 25.7 Å². The molecule has 0 unspecified atom stereocenters. The maximum Gasteiger partial charge on any atom is 0.315 e. The fourth-order valence-corrected chi connectivity index (χ4v) is 3.08. The van der Waals surface area contributed by atoms with Crippen LogP contribution in [0.1, 0.15) is 57.8 Å². The molecule has 0 aromatic heterocycles. The molecule has 0 spiro atoms. The van der Waals surface area contributed by atoms with Crippen LogP contribution in [0.3, 0.4) is 0 Å². The molecule has 0 heterocycles. The van der Waals surface area contributed by atoms with Gasteiger partial charge in [-0.3, -0.25) is 0 Å². The number of amides is 2. The Hall–Kier alpha value is -0.770. The van der Waals surface area contributed by atoms with Gasteiger partial charge in [-0.25, -0.2) is 4.79 Å². The monoisotopic (exact) mass is 240 g/mol. The molecule has 98 valence electrons. The molecular weight excluding hydrogens is 216 g/mol. The van der Waals surface area contributed by atoms with Crippen LogP contribution in [-0.2, 0) is 0 Å². The van der Waals surface area contributed by atoms with E-state index >= 15 is 0 Å². The average molecular weight is 240 g/mol. The first kappa shape index (κ1) is 12.7. The van der Waals surface area contributed by atoms with E-state index in [4.69, 9.17) is 0 Å². The largest absolute Gasteiger partial charge is 0.394 e. The van der Waals surface area contributed by atoms with Gasteiger partial charge in [0.15, 0.2) is 0 Å². The fourth-order valence-electron chi connectivity index (χ4n) is 3.08. The molecule has 2 rings (SSSR count). The first-order valence-electron chi connectivity index (χ1n) is 6.94. The molecule has 2 aliphatic carbocycles. The summed E-state index contributed by atoms with van der Waals surface area (Å²) in [5.41, 5.74) is -0.348. The van der Waals surface area contributed by atoms with Gasteiger partial charge in [-0.1, -0.05) is 32.1 Å². The summed E-state index contributed by atoms with van der Waals surface area (Å²) in [5.74, 6) is 0. The molecule has 0 saturated heterocycles. The van der Waals surface area contributed by atoms with Crippen LogP contribution in [0.15, 0.2) is 0 Å². The van der Waals surface area contributed by atoms with Gasteiger partial charge in [0, 0.05) is 6.04 Å². The third kappa shape index (κ3) is 3.35. The predicted molar refractivity (Wildman–Crippen MR) is 66.8 cm³/mol. The van der Waals surface area contributed by atoms with Crippen molar-refractivity contribution in [1.82, 2.24) is 10.6 Å². The van der Waals surface area contributed by atoms with Crippen molar-refractivity contribution in [2.75, 3.05) is 6.61 Å². The zero-order valence-electron chi connectivity index (χ0n) is 10.5. The molecule has 0 bridgehead atoms. The number of nitrogens with one attached hydrogen (secondary N) is 2. The van der Waals surface area contributed by atoms with Crippen LogP contribution in [0.5, 0.6) is 0 Å². The van der Waals surface area contributed by atoms with Gasteiger partial charge >= 0.3 is 6.03 Å². The van der Waals surface area contributed by atoms with Crippen LogP contribution in [0.25, 0.3) is 0 Å². The van der Waals surface area contributed by atoms with Crippen molar-refractivity contribution in [2.24, 2.45) is 0 Å². The molecule has 2 saturated carbocycles. The zero-order chi connectivity index (χ0) is 12.1. The van der Waals surface area contributed by atoms with E-state index in [0.29, 0.717) is 6.04 Å². The summed E-state index contributed by atoms with van der Waals surface area (Å²) >= 11 is 0. The Morgan fingerprint density at radius 2 is 1.76 bits per heavy atom. The third-order valence-electron chi connectivity index (χ3n) is 4.18. The SMILES string of the molecule is O=C(NC1CCCCC1)NC1(CO)CCCC1. The van der Waals surface area contributed by atoms with E-state index in [0.717, 1.165) is 38.5 Å². The lowest BCUT2D eigenvalue weighted by Gasteiger charge is -2.30. The molecule has 0 aliphatic heterocycles. The van der Waals surface area contributed by atoms with Gasteiger partial charge in [0.25, 0.3) is 0 Å². The second-order valence-corrected chi connectivity index (χ2v) is 5.58. The fraction of sp³-hybridized carbons (Fsp3) is 0.923. The smallest absolute Gasteiger partial charge is 0.315 e. The number of hydrogen-bond donors (Lipinski definition) is 3. The van der Waals surface area contributed by atoms with Gasteiger partial charge < -0.3 is 15.7 Å². The molecule has 3 N–H and O–H groups in total. The van der Waals surface area contributed by atoms with Crippen LogP contribution >= 0.6 is 0 Å². The zero-order valence-corrected chi connectivity index (χ0v) is 10.5. The highest BCUT2D eigenvalue weighted by molar-refractivity contribution is 5.75. The Morgan fingerprint density at radius 3 is 2.35 bits per heavy atom. The molecular formula is C13H24N2O2. The van der Waals surface area contributed by atoms with Crippen LogP contribution in [-0.4, -0.2) is 29.3 Å². The molecule has 0 aromatic carbocycles. The van der Waals surface area contributed by atoms with E-state index in [-0.39, 0.29) is 18.2 Å².